The van der Waals surface area contributed by atoms with Crippen LogP contribution in [0.25, 0.3) is 0 Å². The normalized spacial score (nSPS) is 13.5. The predicted octanol–water partition coefficient (Wildman–Crippen LogP) is 2.76. The Balaban J connectivity index is 3.00. The zero-order valence-electron chi connectivity index (χ0n) is 11.7. The Labute approximate surface area is 108 Å². The van der Waals surface area contributed by atoms with Crippen LogP contribution >= 0.6 is 0 Å². The molecule has 1 heterocycles. The molecular weight excluding hydrogens is 228 g/mol. The number of carbonyl (C=O) groups is 1. The summed E-state index contributed by atoms with van der Waals surface area (Å²) in [7, 11) is 0. The van der Waals surface area contributed by atoms with Gasteiger partial charge in [0.05, 0.1) is 6.10 Å². The smallest absolute Gasteiger partial charge is 0.230 e. The lowest BCUT2D eigenvalue weighted by atomic mass is 9.95. The summed E-state index contributed by atoms with van der Waals surface area (Å²) in [5, 5.41) is 12.9. The van der Waals surface area contributed by atoms with Gasteiger partial charge in [-0.25, -0.2) is 4.98 Å². The highest BCUT2D eigenvalue weighted by Gasteiger charge is 2.24. The lowest BCUT2D eigenvalue weighted by Crippen LogP contribution is -2.29. The summed E-state index contributed by atoms with van der Waals surface area (Å²) < 4.78 is 0. The van der Waals surface area contributed by atoms with Gasteiger partial charge in [-0.1, -0.05) is 40.7 Å². The van der Waals surface area contributed by atoms with Crippen molar-refractivity contribution >= 4 is 11.7 Å². The van der Waals surface area contributed by atoms with Gasteiger partial charge >= 0.3 is 0 Å². The van der Waals surface area contributed by atoms with E-state index in [1.54, 1.807) is 18.3 Å². The van der Waals surface area contributed by atoms with Crippen molar-refractivity contribution in [3.63, 3.8) is 0 Å². The molecule has 0 radical (unpaired) electrons. The van der Waals surface area contributed by atoms with Crippen LogP contribution in [-0.4, -0.2) is 16.0 Å². The number of aliphatic hydroxyl groups is 1. The highest BCUT2D eigenvalue weighted by Crippen LogP contribution is 2.27. The van der Waals surface area contributed by atoms with Gasteiger partial charge in [0, 0.05) is 17.2 Å². The lowest BCUT2D eigenvalue weighted by molar-refractivity contribution is -0.123. The molecule has 0 saturated carbocycles. The molecule has 18 heavy (non-hydrogen) atoms. The fourth-order valence-corrected chi connectivity index (χ4v) is 1.42. The Morgan fingerprint density at radius 3 is 2.50 bits per heavy atom. The van der Waals surface area contributed by atoms with Gasteiger partial charge in [0.15, 0.2) is 0 Å². The van der Waals surface area contributed by atoms with Crippen LogP contribution in [-0.2, 0) is 4.79 Å². The average Bonchev–Trinajstić information content (AvgIpc) is 2.27. The monoisotopic (exact) mass is 250 g/mol. The van der Waals surface area contributed by atoms with Crippen molar-refractivity contribution in [1.82, 2.24) is 4.98 Å². The zero-order chi connectivity index (χ0) is 13.9. The van der Waals surface area contributed by atoms with Gasteiger partial charge < -0.3 is 10.4 Å². The molecule has 4 heteroatoms. The molecule has 1 amide bonds. The molecular formula is C14H22N2O2. The van der Waals surface area contributed by atoms with Crippen LogP contribution in [0.2, 0.25) is 0 Å². The van der Waals surface area contributed by atoms with Crippen LogP contribution in [0.3, 0.4) is 0 Å². The van der Waals surface area contributed by atoms with Gasteiger partial charge in [0.25, 0.3) is 0 Å². The van der Waals surface area contributed by atoms with Crippen LogP contribution < -0.4 is 5.32 Å². The second kappa shape index (κ2) is 5.48. The molecule has 0 aliphatic rings. The third kappa shape index (κ3) is 3.53. The first-order valence-corrected chi connectivity index (χ1v) is 6.18. The number of pyridine rings is 1. The number of anilines is 1. The molecule has 0 fully saturated rings. The summed E-state index contributed by atoms with van der Waals surface area (Å²) in [5.41, 5.74) is 0.169. The molecule has 0 aromatic carbocycles. The van der Waals surface area contributed by atoms with Gasteiger partial charge in [0.1, 0.15) is 5.82 Å². The van der Waals surface area contributed by atoms with E-state index < -0.39 is 11.5 Å². The van der Waals surface area contributed by atoms with E-state index in [2.05, 4.69) is 10.3 Å². The third-order valence-electron chi connectivity index (χ3n) is 2.70. The first-order valence-electron chi connectivity index (χ1n) is 6.18. The van der Waals surface area contributed by atoms with Crippen LogP contribution in [0.4, 0.5) is 5.82 Å². The molecule has 1 atom stereocenters. The van der Waals surface area contributed by atoms with E-state index in [1.807, 2.05) is 34.6 Å². The number of carbonyl (C=O) groups excluding carboxylic acids is 1. The van der Waals surface area contributed by atoms with Gasteiger partial charge in [-0.3, -0.25) is 4.79 Å². The highest BCUT2D eigenvalue weighted by molar-refractivity contribution is 5.94. The molecule has 0 bridgehead atoms. The summed E-state index contributed by atoms with van der Waals surface area (Å²) in [4.78, 5) is 16.1. The third-order valence-corrected chi connectivity index (χ3v) is 2.70. The van der Waals surface area contributed by atoms with Crippen LogP contribution in [0, 0.1) is 11.3 Å². The van der Waals surface area contributed by atoms with Crippen molar-refractivity contribution in [2.75, 3.05) is 5.32 Å². The predicted molar refractivity (Wildman–Crippen MR) is 72.1 cm³/mol. The van der Waals surface area contributed by atoms with E-state index in [0.717, 1.165) is 0 Å². The van der Waals surface area contributed by atoms with Crippen molar-refractivity contribution in [1.29, 1.82) is 0 Å². The SMILES string of the molecule is CC(C)[C@H](O)c1cccnc1NC(=O)C(C)(C)C. The maximum atomic E-state index is 11.9. The van der Waals surface area contributed by atoms with E-state index in [1.165, 1.54) is 0 Å². The van der Waals surface area contributed by atoms with Gasteiger partial charge in [-0.15, -0.1) is 0 Å². The van der Waals surface area contributed by atoms with E-state index in [4.69, 9.17) is 0 Å². The molecule has 100 valence electrons. The van der Waals surface area contributed by atoms with Crippen LogP contribution in [0.15, 0.2) is 18.3 Å². The fourth-order valence-electron chi connectivity index (χ4n) is 1.42. The number of aromatic nitrogens is 1. The molecule has 0 unspecified atom stereocenters. The van der Waals surface area contributed by atoms with E-state index in [9.17, 15) is 9.90 Å². The first-order chi connectivity index (χ1) is 8.23. The Kier molecular flexibility index (Phi) is 4.46. The van der Waals surface area contributed by atoms with Crippen molar-refractivity contribution in [2.45, 2.75) is 40.7 Å². The molecule has 2 N–H and O–H groups in total. The minimum Gasteiger partial charge on any atom is -0.388 e. The van der Waals surface area contributed by atoms with Crippen molar-refractivity contribution in [3.05, 3.63) is 23.9 Å². The number of aliphatic hydroxyl groups excluding tert-OH is 1. The largest absolute Gasteiger partial charge is 0.388 e. The Morgan fingerprint density at radius 2 is 2.00 bits per heavy atom. The second-order valence-corrected chi connectivity index (χ2v) is 5.83. The van der Waals surface area contributed by atoms with Gasteiger partial charge in [-0.05, 0) is 12.0 Å². The van der Waals surface area contributed by atoms with E-state index in [0.29, 0.717) is 11.4 Å². The summed E-state index contributed by atoms with van der Waals surface area (Å²) in [6.07, 6.45) is 0.975. The molecule has 1 aromatic heterocycles. The maximum Gasteiger partial charge on any atom is 0.230 e. The molecule has 0 aliphatic heterocycles. The Hall–Kier alpha value is -1.42. The number of hydrogen-bond acceptors (Lipinski definition) is 3. The number of nitrogens with one attached hydrogen (secondary N) is 1. The lowest BCUT2D eigenvalue weighted by Gasteiger charge is -2.21. The van der Waals surface area contributed by atoms with Crippen molar-refractivity contribution < 1.29 is 9.90 Å². The molecule has 0 aliphatic carbocycles. The van der Waals surface area contributed by atoms with Crippen LogP contribution in [0.1, 0.15) is 46.3 Å². The number of hydrogen-bond donors (Lipinski definition) is 2. The van der Waals surface area contributed by atoms with E-state index in [-0.39, 0.29) is 11.8 Å². The van der Waals surface area contributed by atoms with Crippen molar-refractivity contribution in [2.24, 2.45) is 11.3 Å². The topological polar surface area (TPSA) is 62.2 Å². The van der Waals surface area contributed by atoms with Gasteiger partial charge in [-0.2, -0.15) is 0 Å². The quantitative estimate of drug-likeness (QED) is 0.867. The van der Waals surface area contributed by atoms with Gasteiger partial charge in [0.2, 0.25) is 5.91 Å². The molecule has 1 rings (SSSR count). The number of rotatable bonds is 3. The van der Waals surface area contributed by atoms with Crippen LogP contribution in [0.5, 0.6) is 0 Å². The molecule has 0 saturated heterocycles. The summed E-state index contributed by atoms with van der Waals surface area (Å²) >= 11 is 0. The average molecular weight is 250 g/mol. The fraction of sp³-hybridized carbons (Fsp3) is 0.571. The standard InChI is InChI=1S/C14H22N2O2/c1-9(2)11(17)10-7-6-8-15-12(10)16-13(18)14(3,4)5/h6-9,11,17H,1-5H3,(H,15,16,18)/t11-/m0/s1. The summed E-state index contributed by atoms with van der Waals surface area (Å²) in [5.74, 6) is 0.400. The molecule has 0 spiro atoms. The highest BCUT2D eigenvalue weighted by atomic mass is 16.3. The first kappa shape index (κ1) is 14.6. The Morgan fingerprint density at radius 1 is 1.39 bits per heavy atom. The minimum atomic E-state index is -0.631. The molecule has 4 nitrogen and oxygen atoms in total. The summed E-state index contributed by atoms with van der Waals surface area (Å²) in [6.45, 7) is 9.36. The maximum absolute atomic E-state index is 11.9. The molecule has 1 aromatic rings. The van der Waals surface area contributed by atoms with Crippen molar-refractivity contribution in [3.8, 4) is 0 Å². The Bertz CT molecular complexity index is 422. The minimum absolute atomic E-state index is 0.0690. The second-order valence-electron chi connectivity index (χ2n) is 5.83. The number of nitrogens with zero attached hydrogens (tertiary/aromatic N) is 1. The number of amides is 1. The zero-order valence-corrected chi connectivity index (χ0v) is 11.7. The van der Waals surface area contributed by atoms with E-state index >= 15 is 0 Å². The summed E-state index contributed by atoms with van der Waals surface area (Å²) in [6, 6.07) is 3.55.